The van der Waals surface area contributed by atoms with E-state index >= 15 is 0 Å². The van der Waals surface area contributed by atoms with E-state index < -0.39 is 0 Å². The highest BCUT2D eigenvalue weighted by molar-refractivity contribution is 5.97. The highest BCUT2D eigenvalue weighted by atomic mass is 16.3. The average molecular weight is 322 g/mol. The minimum absolute atomic E-state index is 0.00419. The number of anilines is 1. The van der Waals surface area contributed by atoms with E-state index in [2.05, 4.69) is 11.1 Å². The van der Waals surface area contributed by atoms with Crippen molar-refractivity contribution in [2.75, 3.05) is 31.1 Å². The predicted molar refractivity (Wildman–Crippen MR) is 89.9 cm³/mol. The number of hydrogen-bond acceptors (Lipinski definition) is 5. The lowest BCUT2D eigenvalue weighted by Crippen LogP contribution is -2.49. The second kappa shape index (κ2) is 6.59. The van der Waals surface area contributed by atoms with Crippen molar-refractivity contribution in [2.24, 2.45) is 0 Å². The maximum Gasteiger partial charge on any atom is 0.257 e. The number of pyridine rings is 1. The third-order valence-corrected chi connectivity index (χ3v) is 4.16. The molecule has 1 amide bonds. The summed E-state index contributed by atoms with van der Waals surface area (Å²) >= 11 is 0. The number of aromatic nitrogens is 1. The molecular formula is C18H18N4O2. The fourth-order valence-electron chi connectivity index (χ4n) is 2.85. The van der Waals surface area contributed by atoms with Crippen molar-refractivity contribution in [3.8, 4) is 11.8 Å². The highest BCUT2D eigenvalue weighted by Gasteiger charge is 2.25. The summed E-state index contributed by atoms with van der Waals surface area (Å²) in [6.45, 7) is 4.13. The number of phenols is 1. The zero-order valence-electron chi connectivity index (χ0n) is 13.4. The number of aromatic hydroxyl groups is 1. The van der Waals surface area contributed by atoms with Crippen LogP contribution in [0.3, 0.4) is 0 Å². The first-order valence-electron chi connectivity index (χ1n) is 7.79. The summed E-state index contributed by atoms with van der Waals surface area (Å²) in [7, 11) is 0. The van der Waals surface area contributed by atoms with Gasteiger partial charge in [-0.15, -0.1) is 0 Å². The van der Waals surface area contributed by atoms with Crippen LogP contribution in [0.25, 0.3) is 0 Å². The van der Waals surface area contributed by atoms with Gasteiger partial charge >= 0.3 is 0 Å². The second-order valence-electron chi connectivity index (χ2n) is 5.79. The van der Waals surface area contributed by atoms with Gasteiger partial charge in [0, 0.05) is 32.4 Å². The molecule has 1 aliphatic rings. The SMILES string of the molecule is Cc1ccc(O)c(C(=O)N2CCN(c3ncccc3C#N)CC2)c1. The number of aryl methyl sites for hydroxylation is 1. The maximum atomic E-state index is 12.6. The minimum Gasteiger partial charge on any atom is -0.507 e. The number of amides is 1. The zero-order chi connectivity index (χ0) is 17.1. The summed E-state index contributed by atoms with van der Waals surface area (Å²) in [5.74, 6) is 0.493. The third-order valence-electron chi connectivity index (χ3n) is 4.16. The topological polar surface area (TPSA) is 80.5 Å². The van der Waals surface area contributed by atoms with Gasteiger partial charge in [0.05, 0.1) is 11.1 Å². The van der Waals surface area contributed by atoms with Crippen LogP contribution in [0, 0.1) is 18.3 Å². The van der Waals surface area contributed by atoms with E-state index in [4.69, 9.17) is 0 Å². The molecule has 2 aromatic rings. The monoisotopic (exact) mass is 322 g/mol. The van der Waals surface area contributed by atoms with E-state index in [1.54, 1.807) is 41.4 Å². The number of hydrogen-bond donors (Lipinski definition) is 1. The second-order valence-corrected chi connectivity index (χ2v) is 5.79. The van der Waals surface area contributed by atoms with Crippen molar-refractivity contribution >= 4 is 11.7 Å². The summed E-state index contributed by atoms with van der Waals surface area (Å²) < 4.78 is 0. The first kappa shape index (κ1) is 15.8. The van der Waals surface area contributed by atoms with Crippen LogP contribution in [0.2, 0.25) is 0 Å². The van der Waals surface area contributed by atoms with E-state index in [9.17, 15) is 15.2 Å². The van der Waals surface area contributed by atoms with E-state index in [0.29, 0.717) is 43.1 Å². The van der Waals surface area contributed by atoms with E-state index in [1.165, 1.54) is 0 Å². The van der Waals surface area contributed by atoms with Crippen molar-refractivity contribution in [1.82, 2.24) is 9.88 Å². The minimum atomic E-state index is -0.169. The van der Waals surface area contributed by atoms with Gasteiger partial charge in [-0.3, -0.25) is 4.79 Å². The van der Waals surface area contributed by atoms with Crippen LogP contribution in [-0.4, -0.2) is 47.1 Å². The Morgan fingerprint density at radius 2 is 2.00 bits per heavy atom. The molecule has 0 unspecified atom stereocenters. The summed E-state index contributed by atoms with van der Waals surface area (Å²) in [4.78, 5) is 20.6. The number of nitriles is 1. The Kier molecular flexibility index (Phi) is 4.34. The molecule has 6 nitrogen and oxygen atoms in total. The van der Waals surface area contributed by atoms with Crippen molar-refractivity contribution in [1.29, 1.82) is 5.26 Å². The van der Waals surface area contributed by atoms with Gasteiger partial charge in [0.15, 0.2) is 0 Å². The van der Waals surface area contributed by atoms with Crippen LogP contribution in [0.15, 0.2) is 36.5 Å². The standard InChI is InChI=1S/C18H18N4O2/c1-13-4-5-16(23)15(11-13)18(24)22-9-7-21(8-10-22)17-14(12-19)3-2-6-20-17/h2-6,11,23H,7-10H2,1H3. The Morgan fingerprint density at radius 1 is 1.25 bits per heavy atom. The van der Waals surface area contributed by atoms with Crippen LogP contribution < -0.4 is 4.90 Å². The predicted octanol–water partition coefficient (Wildman–Crippen LogP) is 1.93. The third kappa shape index (κ3) is 3.01. The fraction of sp³-hybridized carbons (Fsp3) is 0.278. The molecule has 122 valence electrons. The van der Waals surface area contributed by atoms with Gasteiger partial charge in [0.2, 0.25) is 0 Å². The molecule has 1 fully saturated rings. The smallest absolute Gasteiger partial charge is 0.257 e. The molecular weight excluding hydrogens is 304 g/mol. The Morgan fingerprint density at radius 3 is 2.71 bits per heavy atom. The normalized spacial score (nSPS) is 14.3. The van der Waals surface area contributed by atoms with E-state index in [0.717, 1.165) is 5.56 Å². The maximum absolute atomic E-state index is 12.6. The molecule has 1 aliphatic heterocycles. The molecule has 1 saturated heterocycles. The Balaban J connectivity index is 1.72. The van der Waals surface area contributed by atoms with Crippen molar-refractivity contribution in [3.63, 3.8) is 0 Å². The molecule has 0 radical (unpaired) electrons. The van der Waals surface area contributed by atoms with Crippen LogP contribution in [-0.2, 0) is 0 Å². The van der Waals surface area contributed by atoms with Gasteiger partial charge in [0.25, 0.3) is 5.91 Å². The van der Waals surface area contributed by atoms with E-state index in [1.807, 2.05) is 11.8 Å². The Hall–Kier alpha value is -3.07. The van der Waals surface area contributed by atoms with Crippen molar-refractivity contribution in [3.05, 3.63) is 53.2 Å². The number of rotatable bonds is 2. The highest BCUT2D eigenvalue weighted by Crippen LogP contribution is 2.22. The molecule has 1 aromatic carbocycles. The summed E-state index contributed by atoms with van der Waals surface area (Å²) in [5.41, 5.74) is 1.80. The van der Waals surface area contributed by atoms with Crippen LogP contribution >= 0.6 is 0 Å². The molecule has 0 spiro atoms. The molecule has 24 heavy (non-hydrogen) atoms. The molecule has 0 atom stereocenters. The van der Waals surface area contributed by atoms with Crippen LogP contribution in [0.4, 0.5) is 5.82 Å². The van der Waals surface area contributed by atoms with Crippen LogP contribution in [0.1, 0.15) is 21.5 Å². The Labute approximate surface area is 140 Å². The number of phenolic OH excluding ortho intramolecular Hbond substituents is 1. The molecule has 0 bridgehead atoms. The summed E-state index contributed by atoms with van der Waals surface area (Å²) in [6, 6.07) is 10.7. The van der Waals surface area contributed by atoms with Crippen molar-refractivity contribution in [2.45, 2.75) is 6.92 Å². The lowest BCUT2D eigenvalue weighted by atomic mass is 10.1. The molecule has 1 aromatic heterocycles. The van der Waals surface area contributed by atoms with Gasteiger partial charge in [-0.1, -0.05) is 11.6 Å². The first-order valence-corrected chi connectivity index (χ1v) is 7.79. The molecule has 2 heterocycles. The van der Waals surface area contributed by atoms with Crippen LogP contribution in [0.5, 0.6) is 5.75 Å². The summed E-state index contributed by atoms with van der Waals surface area (Å²) in [5, 5.41) is 19.1. The zero-order valence-corrected chi connectivity index (χ0v) is 13.4. The van der Waals surface area contributed by atoms with Gasteiger partial charge in [-0.25, -0.2) is 4.98 Å². The molecule has 6 heteroatoms. The number of piperazine rings is 1. The quantitative estimate of drug-likeness (QED) is 0.914. The number of carbonyl (C=O) groups excluding carboxylic acids is 1. The molecule has 0 saturated carbocycles. The van der Waals surface area contributed by atoms with Gasteiger partial charge in [0.1, 0.15) is 17.6 Å². The lowest BCUT2D eigenvalue weighted by molar-refractivity contribution is 0.0743. The van der Waals surface area contributed by atoms with Crippen molar-refractivity contribution < 1.29 is 9.90 Å². The number of benzene rings is 1. The molecule has 1 N–H and O–H groups in total. The average Bonchev–Trinajstić information content (AvgIpc) is 2.63. The number of nitrogens with zero attached hydrogens (tertiary/aromatic N) is 4. The fourth-order valence-corrected chi connectivity index (χ4v) is 2.85. The lowest BCUT2D eigenvalue weighted by Gasteiger charge is -2.35. The Bertz CT molecular complexity index is 805. The summed E-state index contributed by atoms with van der Waals surface area (Å²) in [6.07, 6.45) is 1.67. The van der Waals surface area contributed by atoms with Gasteiger partial charge in [-0.05, 0) is 31.2 Å². The largest absolute Gasteiger partial charge is 0.507 e. The van der Waals surface area contributed by atoms with E-state index in [-0.39, 0.29) is 11.7 Å². The molecule has 3 rings (SSSR count). The molecule has 0 aliphatic carbocycles. The first-order chi connectivity index (χ1) is 11.6. The van der Waals surface area contributed by atoms with Gasteiger partial charge in [-0.2, -0.15) is 5.26 Å². The van der Waals surface area contributed by atoms with Gasteiger partial charge < -0.3 is 14.9 Å². The number of carbonyl (C=O) groups is 1.